The van der Waals surface area contributed by atoms with E-state index in [-0.39, 0.29) is 18.6 Å². The Morgan fingerprint density at radius 2 is 2.00 bits per heavy atom. The lowest BCUT2D eigenvalue weighted by Crippen LogP contribution is -2.30. The highest BCUT2D eigenvalue weighted by Gasteiger charge is 2.15. The Morgan fingerprint density at radius 1 is 1.24 bits per heavy atom. The molecule has 0 radical (unpaired) electrons. The predicted molar refractivity (Wildman–Crippen MR) is 102 cm³/mol. The molecule has 0 unspecified atom stereocenters. The van der Waals surface area contributed by atoms with Crippen LogP contribution in [0.25, 0.3) is 21.3 Å². The van der Waals surface area contributed by atoms with Crippen LogP contribution in [-0.4, -0.2) is 30.8 Å². The minimum absolute atomic E-state index is 0.148. The van der Waals surface area contributed by atoms with Crippen molar-refractivity contribution in [2.75, 3.05) is 12.8 Å². The van der Waals surface area contributed by atoms with Crippen molar-refractivity contribution in [2.45, 2.75) is 20.4 Å². The molecular formula is C17H19N3O3S2. The number of nitrogens with one attached hydrogen (secondary N) is 1. The van der Waals surface area contributed by atoms with Crippen LogP contribution in [0.5, 0.6) is 0 Å². The van der Waals surface area contributed by atoms with Gasteiger partial charge in [0.25, 0.3) is 5.56 Å². The van der Waals surface area contributed by atoms with Gasteiger partial charge in [-0.1, -0.05) is 23.8 Å². The van der Waals surface area contributed by atoms with Gasteiger partial charge in [-0.15, -0.1) is 11.3 Å². The molecule has 0 atom stereocenters. The van der Waals surface area contributed by atoms with Crippen LogP contribution in [0.15, 0.2) is 34.7 Å². The summed E-state index contributed by atoms with van der Waals surface area (Å²) < 4.78 is 26.2. The average molecular weight is 377 g/mol. The van der Waals surface area contributed by atoms with E-state index in [1.54, 1.807) is 0 Å². The van der Waals surface area contributed by atoms with Crippen LogP contribution in [0, 0.1) is 13.8 Å². The molecule has 0 spiro atoms. The first-order valence-corrected chi connectivity index (χ1v) is 10.5. The highest BCUT2D eigenvalue weighted by molar-refractivity contribution is 7.88. The van der Waals surface area contributed by atoms with Crippen molar-refractivity contribution in [3.8, 4) is 11.1 Å². The van der Waals surface area contributed by atoms with Gasteiger partial charge in [-0.25, -0.2) is 18.1 Å². The second kappa shape index (κ2) is 6.70. The van der Waals surface area contributed by atoms with E-state index in [0.29, 0.717) is 10.2 Å². The van der Waals surface area contributed by atoms with Crippen molar-refractivity contribution in [2.24, 2.45) is 0 Å². The second-order valence-corrected chi connectivity index (χ2v) is 8.75. The molecule has 0 bridgehead atoms. The fourth-order valence-corrected chi connectivity index (χ4v) is 4.06. The van der Waals surface area contributed by atoms with Gasteiger partial charge in [0.15, 0.2) is 0 Å². The van der Waals surface area contributed by atoms with Crippen molar-refractivity contribution in [3.05, 3.63) is 51.4 Å². The number of benzene rings is 1. The van der Waals surface area contributed by atoms with Gasteiger partial charge in [0.05, 0.1) is 18.0 Å². The SMILES string of the molecule is Cc1ccc(C)c(-c2csc3ncn(CCNS(C)(=O)=O)c(=O)c23)c1. The van der Waals surface area contributed by atoms with Gasteiger partial charge >= 0.3 is 0 Å². The highest BCUT2D eigenvalue weighted by Crippen LogP contribution is 2.33. The van der Waals surface area contributed by atoms with Crippen molar-refractivity contribution >= 4 is 31.6 Å². The molecule has 0 amide bonds. The summed E-state index contributed by atoms with van der Waals surface area (Å²) in [7, 11) is -3.28. The number of hydrogen-bond acceptors (Lipinski definition) is 5. The Hall–Kier alpha value is -2.03. The van der Waals surface area contributed by atoms with E-state index in [1.807, 2.05) is 31.4 Å². The van der Waals surface area contributed by atoms with Crippen molar-refractivity contribution in [1.82, 2.24) is 14.3 Å². The van der Waals surface area contributed by atoms with Gasteiger partial charge in [-0.05, 0) is 25.0 Å². The molecule has 132 valence electrons. The lowest BCUT2D eigenvalue weighted by atomic mass is 9.99. The number of fused-ring (bicyclic) bond motifs is 1. The third kappa shape index (κ3) is 3.81. The molecule has 2 heterocycles. The summed E-state index contributed by atoms with van der Waals surface area (Å²) in [5.74, 6) is 0. The van der Waals surface area contributed by atoms with Crippen LogP contribution in [-0.2, 0) is 16.6 Å². The number of hydrogen-bond donors (Lipinski definition) is 1. The first kappa shape index (κ1) is 17.8. The van der Waals surface area contributed by atoms with Gasteiger partial charge in [-0.3, -0.25) is 9.36 Å². The number of aryl methyl sites for hydroxylation is 2. The van der Waals surface area contributed by atoms with Gasteiger partial charge in [0.1, 0.15) is 4.83 Å². The fourth-order valence-electron chi connectivity index (χ4n) is 2.70. The maximum absolute atomic E-state index is 12.9. The molecule has 1 N–H and O–H groups in total. The highest BCUT2D eigenvalue weighted by atomic mass is 32.2. The van der Waals surface area contributed by atoms with Crippen molar-refractivity contribution in [3.63, 3.8) is 0 Å². The van der Waals surface area contributed by atoms with E-state index in [9.17, 15) is 13.2 Å². The topological polar surface area (TPSA) is 81.1 Å². The fraction of sp³-hybridized carbons (Fsp3) is 0.294. The van der Waals surface area contributed by atoms with Gasteiger partial charge in [-0.2, -0.15) is 0 Å². The first-order chi connectivity index (χ1) is 11.8. The van der Waals surface area contributed by atoms with E-state index < -0.39 is 10.0 Å². The smallest absolute Gasteiger partial charge is 0.262 e. The Kier molecular flexibility index (Phi) is 4.77. The van der Waals surface area contributed by atoms with E-state index in [4.69, 9.17) is 0 Å². The minimum atomic E-state index is -3.28. The molecule has 2 aromatic heterocycles. The molecule has 0 aliphatic rings. The average Bonchev–Trinajstić information content (AvgIpc) is 2.95. The van der Waals surface area contributed by atoms with Crippen LogP contribution in [0.4, 0.5) is 0 Å². The number of nitrogens with zero attached hydrogens (tertiary/aromatic N) is 2. The molecule has 0 saturated carbocycles. The standard InChI is InChI=1S/C17H19N3O3S2/c1-11-4-5-12(2)13(8-11)14-9-24-16-15(14)17(21)20(10-18-16)7-6-19-25(3,22)23/h4-5,8-10,19H,6-7H2,1-3H3. The molecule has 0 fully saturated rings. The predicted octanol–water partition coefficient (Wildman–Crippen LogP) is 2.29. The summed E-state index contributed by atoms with van der Waals surface area (Å²) in [5, 5.41) is 2.54. The first-order valence-electron chi connectivity index (χ1n) is 7.75. The third-order valence-electron chi connectivity index (χ3n) is 3.96. The van der Waals surface area contributed by atoms with E-state index in [1.165, 1.54) is 22.2 Å². The summed E-state index contributed by atoms with van der Waals surface area (Å²) in [6, 6.07) is 6.15. The lowest BCUT2D eigenvalue weighted by molar-refractivity contribution is 0.575. The van der Waals surface area contributed by atoms with Crippen molar-refractivity contribution in [1.29, 1.82) is 0 Å². The van der Waals surface area contributed by atoms with Gasteiger partial charge < -0.3 is 0 Å². The van der Waals surface area contributed by atoms with Crippen LogP contribution in [0.3, 0.4) is 0 Å². The summed E-state index contributed by atoms with van der Waals surface area (Å²) in [5.41, 5.74) is 3.97. The molecule has 8 heteroatoms. The van der Waals surface area contributed by atoms with E-state index >= 15 is 0 Å². The zero-order chi connectivity index (χ0) is 18.2. The maximum atomic E-state index is 12.9. The molecule has 3 aromatic rings. The van der Waals surface area contributed by atoms with Crippen LogP contribution in [0.1, 0.15) is 11.1 Å². The summed E-state index contributed by atoms with van der Waals surface area (Å²) >= 11 is 1.44. The van der Waals surface area contributed by atoms with Gasteiger partial charge in [0.2, 0.25) is 10.0 Å². The summed E-state index contributed by atoms with van der Waals surface area (Å²) in [6.45, 7) is 4.42. The number of sulfonamides is 1. The van der Waals surface area contributed by atoms with Crippen LogP contribution in [0.2, 0.25) is 0 Å². The summed E-state index contributed by atoms with van der Waals surface area (Å²) in [4.78, 5) is 17.9. The molecule has 3 rings (SSSR count). The Bertz CT molecular complexity index is 1100. The molecule has 1 aromatic carbocycles. The maximum Gasteiger partial charge on any atom is 0.262 e. The second-order valence-electron chi connectivity index (χ2n) is 6.06. The number of aromatic nitrogens is 2. The monoisotopic (exact) mass is 377 g/mol. The molecule has 6 nitrogen and oxygen atoms in total. The number of rotatable bonds is 5. The molecule has 0 aliphatic heterocycles. The zero-order valence-corrected chi connectivity index (χ0v) is 15.9. The quantitative estimate of drug-likeness (QED) is 0.740. The van der Waals surface area contributed by atoms with Crippen LogP contribution < -0.4 is 10.3 Å². The molecule has 0 saturated heterocycles. The minimum Gasteiger partial charge on any atom is -0.297 e. The summed E-state index contributed by atoms with van der Waals surface area (Å²) in [6.07, 6.45) is 2.56. The lowest BCUT2D eigenvalue weighted by Gasteiger charge is -2.08. The van der Waals surface area contributed by atoms with E-state index in [2.05, 4.69) is 15.8 Å². The Labute approximate surface area is 150 Å². The third-order valence-corrected chi connectivity index (χ3v) is 5.58. The normalized spacial score (nSPS) is 12.0. The number of thiophene rings is 1. The molecular weight excluding hydrogens is 358 g/mol. The van der Waals surface area contributed by atoms with Crippen LogP contribution >= 0.6 is 11.3 Å². The largest absolute Gasteiger partial charge is 0.297 e. The Morgan fingerprint density at radius 3 is 2.72 bits per heavy atom. The Balaban J connectivity index is 2.06. The van der Waals surface area contributed by atoms with Crippen molar-refractivity contribution < 1.29 is 8.42 Å². The van der Waals surface area contributed by atoms with E-state index in [0.717, 1.165) is 28.5 Å². The zero-order valence-electron chi connectivity index (χ0n) is 14.2. The molecule has 0 aliphatic carbocycles. The molecule has 25 heavy (non-hydrogen) atoms. The van der Waals surface area contributed by atoms with Gasteiger partial charge in [0, 0.05) is 24.0 Å².